The minimum atomic E-state index is -0.786. The SMILES string of the molecule is COC(=O)C(C(=O)OC)[C@@H]1CCCC[C@H]1[Se]c1ccccc1. The molecule has 0 amide bonds. The summed E-state index contributed by atoms with van der Waals surface area (Å²) in [7, 11) is 2.66. The molecular formula is C17H22O4Se. The molecule has 1 aromatic rings. The van der Waals surface area contributed by atoms with Gasteiger partial charge in [-0.3, -0.25) is 0 Å². The summed E-state index contributed by atoms with van der Waals surface area (Å²) in [6, 6.07) is 10.3. The van der Waals surface area contributed by atoms with E-state index in [1.165, 1.54) is 18.7 Å². The van der Waals surface area contributed by atoms with Crippen LogP contribution in [0.4, 0.5) is 0 Å². The van der Waals surface area contributed by atoms with Crippen LogP contribution < -0.4 is 4.46 Å². The number of benzene rings is 1. The van der Waals surface area contributed by atoms with Crippen LogP contribution in [0.25, 0.3) is 0 Å². The standard InChI is InChI=1S/C17H22O4Se/c1-20-16(18)15(17(19)21-2)13-10-6-7-11-14(13)22-12-8-4-3-5-9-12/h3-5,8-9,13-15H,6-7,10-11H2,1-2H3/t13-,14-/m1/s1. The monoisotopic (exact) mass is 370 g/mol. The molecule has 1 aliphatic carbocycles. The van der Waals surface area contributed by atoms with Gasteiger partial charge in [-0.2, -0.15) is 0 Å². The van der Waals surface area contributed by atoms with Crippen molar-refractivity contribution in [3.8, 4) is 0 Å². The normalized spacial score (nSPS) is 21.4. The summed E-state index contributed by atoms with van der Waals surface area (Å²) < 4.78 is 11.0. The third-order valence-electron chi connectivity index (χ3n) is 4.12. The van der Waals surface area contributed by atoms with Crippen molar-refractivity contribution in [3.05, 3.63) is 30.3 Å². The van der Waals surface area contributed by atoms with Crippen LogP contribution >= 0.6 is 0 Å². The molecule has 0 saturated heterocycles. The average Bonchev–Trinajstić information content (AvgIpc) is 2.57. The number of hydrogen-bond donors (Lipinski definition) is 0. The third-order valence-corrected chi connectivity index (χ3v) is 7.13. The molecule has 0 spiro atoms. The third kappa shape index (κ3) is 4.11. The second-order valence-electron chi connectivity index (χ2n) is 5.44. The fourth-order valence-corrected chi connectivity index (χ4v) is 6.00. The van der Waals surface area contributed by atoms with E-state index >= 15 is 0 Å². The Kier molecular flexibility index (Phi) is 6.47. The van der Waals surface area contributed by atoms with Crippen molar-refractivity contribution in [3.63, 3.8) is 0 Å². The van der Waals surface area contributed by atoms with Crippen LogP contribution in [0, 0.1) is 11.8 Å². The molecule has 0 unspecified atom stereocenters. The molecule has 5 heteroatoms. The summed E-state index contributed by atoms with van der Waals surface area (Å²) in [6.45, 7) is 0. The van der Waals surface area contributed by atoms with Gasteiger partial charge in [0.2, 0.25) is 0 Å². The summed E-state index contributed by atoms with van der Waals surface area (Å²) in [5.74, 6) is -1.69. The van der Waals surface area contributed by atoms with E-state index in [0.717, 1.165) is 25.7 Å². The topological polar surface area (TPSA) is 52.6 Å². The number of methoxy groups -OCH3 is 2. The van der Waals surface area contributed by atoms with E-state index < -0.39 is 17.9 Å². The number of ether oxygens (including phenoxy) is 2. The van der Waals surface area contributed by atoms with E-state index in [4.69, 9.17) is 9.47 Å². The van der Waals surface area contributed by atoms with Crippen LogP contribution in [0.1, 0.15) is 25.7 Å². The predicted molar refractivity (Wildman–Crippen MR) is 85.1 cm³/mol. The van der Waals surface area contributed by atoms with E-state index in [0.29, 0.717) is 4.82 Å². The van der Waals surface area contributed by atoms with Gasteiger partial charge >= 0.3 is 137 Å². The number of carbonyl (C=O) groups excluding carboxylic acids is 2. The summed E-state index contributed by atoms with van der Waals surface area (Å²) in [6.07, 6.45) is 4.15. The van der Waals surface area contributed by atoms with Gasteiger partial charge in [0.25, 0.3) is 0 Å². The fourth-order valence-electron chi connectivity index (χ4n) is 3.03. The van der Waals surface area contributed by atoms with Crippen molar-refractivity contribution in [1.82, 2.24) is 0 Å². The van der Waals surface area contributed by atoms with Gasteiger partial charge in [0.1, 0.15) is 0 Å². The Bertz CT molecular complexity index is 487. The first-order valence-corrected chi connectivity index (χ1v) is 9.39. The Balaban J connectivity index is 2.19. The van der Waals surface area contributed by atoms with Gasteiger partial charge in [-0.1, -0.05) is 0 Å². The van der Waals surface area contributed by atoms with E-state index in [1.807, 2.05) is 18.2 Å². The van der Waals surface area contributed by atoms with Crippen molar-refractivity contribution in [2.75, 3.05) is 14.2 Å². The first-order chi connectivity index (χ1) is 10.7. The van der Waals surface area contributed by atoms with Crippen LogP contribution in [0.2, 0.25) is 4.82 Å². The molecule has 0 heterocycles. The Labute approximate surface area is 137 Å². The van der Waals surface area contributed by atoms with Crippen LogP contribution in [0.5, 0.6) is 0 Å². The molecule has 0 aliphatic heterocycles. The van der Waals surface area contributed by atoms with Gasteiger partial charge < -0.3 is 0 Å². The summed E-state index contributed by atoms with van der Waals surface area (Å²) in [4.78, 5) is 24.6. The Hall–Kier alpha value is -1.32. The molecular weight excluding hydrogens is 347 g/mol. The molecule has 1 fully saturated rings. The molecule has 2 atom stereocenters. The van der Waals surface area contributed by atoms with Crippen LogP contribution in [-0.2, 0) is 19.1 Å². The van der Waals surface area contributed by atoms with Crippen LogP contribution in [-0.4, -0.2) is 41.1 Å². The van der Waals surface area contributed by atoms with Crippen molar-refractivity contribution < 1.29 is 19.1 Å². The Morgan fingerprint density at radius 3 is 2.23 bits per heavy atom. The molecule has 0 radical (unpaired) electrons. The molecule has 22 heavy (non-hydrogen) atoms. The summed E-state index contributed by atoms with van der Waals surface area (Å²) in [5, 5.41) is 0. The minimum absolute atomic E-state index is 0.0221. The average molecular weight is 369 g/mol. The molecule has 0 bridgehead atoms. The van der Waals surface area contributed by atoms with Crippen LogP contribution in [0.15, 0.2) is 30.3 Å². The zero-order valence-corrected chi connectivity index (χ0v) is 14.7. The molecule has 0 N–H and O–H groups in total. The van der Waals surface area contributed by atoms with E-state index in [2.05, 4.69) is 12.1 Å². The number of rotatable bonds is 5. The van der Waals surface area contributed by atoms with Crippen molar-refractivity contribution in [2.45, 2.75) is 30.5 Å². The van der Waals surface area contributed by atoms with Crippen LogP contribution in [0.3, 0.4) is 0 Å². The van der Waals surface area contributed by atoms with Gasteiger partial charge in [0, 0.05) is 0 Å². The number of hydrogen-bond acceptors (Lipinski definition) is 4. The first-order valence-electron chi connectivity index (χ1n) is 7.54. The molecule has 4 nitrogen and oxygen atoms in total. The summed E-state index contributed by atoms with van der Waals surface area (Å²) in [5.41, 5.74) is 0. The molecule has 2 rings (SSSR count). The Morgan fingerprint density at radius 2 is 1.64 bits per heavy atom. The van der Waals surface area contributed by atoms with Crippen molar-refractivity contribution >= 4 is 31.4 Å². The number of carbonyl (C=O) groups is 2. The quantitative estimate of drug-likeness (QED) is 0.452. The van der Waals surface area contributed by atoms with Crippen molar-refractivity contribution in [1.29, 1.82) is 0 Å². The maximum absolute atomic E-state index is 12.1. The zero-order chi connectivity index (χ0) is 15.9. The van der Waals surface area contributed by atoms with E-state index in [9.17, 15) is 9.59 Å². The van der Waals surface area contributed by atoms with Gasteiger partial charge in [-0.05, 0) is 0 Å². The van der Waals surface area contributed by atoms with Gasteiger partial charge in [0.05, 0.1) is 0 Å². The van der Waals surface area contributed by atoms with Gasteiger partial charge in [0.15, 0.2) is 0 Å². The maximum atomic E-state index is 12.1. The molecule has 0 aromatic heterocycles. The second-order valence-corrected chi connectivity index (χ2v) is 8.20. The second kappa shape index (κ2) is 8.35. The number of esters is 2. The Morgan fingerprint density at radius 1 is 1.05 bits per heavy atom. The molecule has 120 valence electrons. The zero-order valence-electron chi connectivity index (χ0n) is 13.0. The molecule has 1 aliphatic rings. The predicted octanol–water partition coefficient (Wildman–Crippen LogP) is 1.96. The fraction of sp³-hybridized carbons (Fsp3) is 0.529. The van der Waals surface area contributed by atoms with Gasteiger partial charge in [-0.25, -0.2) is 0 Å². The van der Waals surface area contributed by atoms with Crippen molar-refractivity contribution in [2.24, 2.45) is 11.8 Å². The molecule has 1 saturated carbocycles. The molecule has 1 aromatic carbocycles. The van der Waals surface area contributed by atoms with Gasteiger partial charge in [-0.15, -0.1) is 0 Å². The van der Waals surface area contributed by atoms with E-state index in [-0.39, 0.29) is 20.9 Å². The van der Waals surface area contributed by atoms with E-state index in [1.54, 1.807) is 0 Å². The first kappa shape index (κ1) is 17.0. The summed E-state index contributed by atoms with van der Waals surface area (Å²) >= 11 is 0.243.